The Balaban J connectivity index is 1.61. The van der Waals surface area contributed by atoms with Gasteiger partial charge in [0.2, 0.25) is 0 Å². The summed E-state index contributed by atoms with van der Waals surface area (Å²) in [6, 6.07) is 15.2. The quantitative estimate of drug-likeness (QED) is 0.617. The second-order valence-corrected chi connectivity index (χ2v) is 6.77. The van der Waals surface area contributed by atoms with Gasteiger partial charge in [-0.2, -0.15) is 5.10 Å². The molecule has 3 rings (SSSR count). The van der Waals surface area contributed by atoms with E-state index in [0.29, 0.717) is 5.75 Å². The van der Waals surface area contributed by atoms with E-state index in [4.69, 9.17) is 4.74 Å². The van der Waals surface area contributed by atoms with Gasteiger partial charge in [-0.05, 0) is 42.8 Å². The van der Waals surface area contributed by atoms with Gasteiger partial charge in [-0.25, -0.2) is 9.67 Å². The fourth-order valence-electron chi connectivity index (χ4n) is 2.49. The Kier molecular flexibility index (Phi) is 5.68. The van der Waals surface area contributed by atoms with Crippen molar-refractivity contribution in [1.29, 1.82) is 0 Å². The smallest absolute Gasteiger partial charge is 0.260 e. The van der Waals surface area contributed by atoms with Crippen LogP contribution >= 0.6 is 15.9 Å². The van der Waals surface area contributed by atoms with E-state index < -0.39 is 0 Å². The highest BCUT2D eigenvalue weighted by atomic mass is 79.9. The first-order valence-corrected chi connectivity index (χ1v) is 8.93. The molecule has 0 aliphatic heterocycles. The van der Waals surface area contributed by atoms with Crippen molar-refractivity contribution >= 4 is 21.8 Å². The second-order valence-electron chi connectivity index (χ2n) is 5.86. The van der Waals surface area contributed by atoms with E-state index >= 15 is 0 Å². The molecule has 0 aliphatic rings. The molecule has 26 heavy (non-hydrogen) atoms. The number of halogens is 1. The lowest BCUT2D eigenvalue weighted by molar-refractivity contribution is -0.134. The Bertz CT molecular complexity index is 866. The van der Waals surface area contributed by atoms with Crippen LogP contribution in [0, 0.1) is 0 Å². The van der Waals surface area contributed by atoms with E-state index in [2.05, 4.69) is 26.0 Å². The molecule has 0 fully saturated rings. The fourth-order valence-corrected chi connectivity index (χ4v) is 2.87. The Morgan fingerprint density at radius 2 is 2.04 bits per heavy atom. The topological polar surface area (TPSA) is 60.2 Å². The Morgan fingerprint density at radius 3 is 2.69 bits per heavy atom. The third-order valence-electron chi connectivity index (χ3n) is 4.19. The van der Waals surface area contributed by atoms with Crippen molar-refractivity contribution in [3.63, 3.8) is 0 Å². The van der Waals surface area contributed by atoms with Crippen molar-refractivity contribution in [2.75, 3.05) is 13.7 Å². The van der Waals surface area contributed by atoms with E-state index in [1.54, 1.807) is 23.0 Å². The van der Waals surface area contributed by atoms with Crippen LogP contribution in [0.2, 0.25) is 0 Å². The zero-order chi connectivity index (χ0) is 18.5. The Hall–Kier alpha value is -2.67. The number of hydrogen-bond donors (Lipinski definition) is 0. The second kappa shape index (κ2) is 8.14. The number of rotatable bonds is 6. The summed E-state index contributed by atoms with van der Waals surface area (Å²) in [5.74, 6) is 0.573. The fraction of sp³-hybridized carbons (Fsp3) is 0.211. The molecule has 0 N–H and O–H groups in total. The molecule has 0 aliphatic carbocycles. The molecule has 0 saturated heterocycles. The molecule has 0 saturated carbocycles. The molecule has 3 aromatic rings. The highest BCUT2D eigenvalue weighted by molar-refractivity contribution is 9.10. The summed E-state index contributed by atoms with van der Waals surface area (Å²) in [4.78, 5) is 18.1. The number of likely N-dealkylation sites (N-methyl/N-ethyl adjacent to an activating group) is 1. The molecular weight excluding hydrogens is 396 g/mol. The molecule has 0 radical (unpaired) electrons. The van der Waals surface area contributed by atoms with Gasteiger partial charge in [0.05, 0.1) is 11.7 Å². The van der Waals surface area contributed by atoms with Crippen molar-refractivity contribution < 1.29 is 9.53 Å². The van der Waals surface area contributed by atoms with Gasteiger partial charge in [-0.3, -0.25) is 4.79 Å². The maximum absolute atomic E-state index is 12.4. The Morgan fingerprint density at radius 1 is 1.27 bits per heavy atom. The first-order chi connectivity index (χ1) is 12.5. The largest absolute Gasteiger partial charge is 0.484 e. The van der Waals surface area contributed by atoms with E-state index in [-0.39, 0.29) is 18.6 Å². The van der Waals surface area contributed by atoms with Gasteiger partial charge in [0.1, 0.15) is 18.4 Å². The van der Waals surface area contributed by atoms with E-state index in [1.165, 1.54) is 6.33 Å². The number of aromatic nitrogens is 3. The van der Waals surface area contributed by atoms with Gasteiger partial charge < -0.3 is 9.64 Å². The Labute approximate surface area is 160 Å². The number of nitrogens with zero attached hydrogens (tertiary/aromatic N) is 4. The van der Waals surface area contributed by atoms with Gasteiger partial charge in [0, 0.05) is 11.5 Å². The molecule has 0 bridgehead atoms. The molecule has 0 unspecified atom stereocenters. The highest BCUT2D eigenvalue weighted by Gasteiger charge is 2.18. The predicted octanol–water partition coefficient (Wildman–Crippen LogP) is 3.63. The molecule has 6 nitrogen and oxygen atoms in total. The van der Waals surface area contributed by atoms with Crippen molar-refractivity contribution in [1.82, 2.24) is 19.7 Å². The summed E-state index contributed by atoms with van der Waals surface area (Å²) in [7, 11) is 1.78. The molecule has 1 atom stereocenters. The summed E-state index contributed by atoms with van der Waals surface area (Å²) in [6.45, 7) is 1.98. The number of ether oxygens (including phenoxy) is 1. The lowest BCUT2D eigenvalue weighted by atomic mass is 10.1. The lowest BCUT2D eigenvalue weighted by Gasteiger charge is -2.25. The van der Waals surface area contributed by atoms with Crippen LogP contribution < -0.4 is 4.74 Å². The van der Waals surface area contributed by atoms with Crippen LogP contribution in [0.25, 0.3) is 5.69 Å². The minimum Gasteiger partial charge on any atom is -0.484 e. The highest BCUT2D eigenvalue weighted by Crippen LogP contribution is 2.21. The lowest BCUT2D eigenvalue weighted by Crippen LogP contribution is -2.33. The maximum Gasteiger partial charge on any atom is 0.260 e. The van der Waals surface area contributed by atoms with Crippen molar-refractivity contribution in [2.45, 2.75) is 13.0 Å². The van der Waals surface area contributed by atoms with Gasteiger partial charge in [-0.15, -0.1) is 0 Å². The van der Waals surface area contributed by atoms with Crippen LogP contribution in [0.4, 0.5) is 0 Å². The van der Waals surface area contributed by atoms with Crippen LogP contribution in [0.15, 0.2) is 65.7 Å². The molecular formula is C19H19BrN4O2. The summed E-state index contributed by atoms with van der Waals surface area (Å²) in [6.07, 6.45) is 3.14. The average molecular weight is 415 g/mol. The normalized spacial score (nSPS) is 11.8. The van der Waals surface area contributed by atoms with Crippen LogP contribution in [0.5, 0.6) is 5.75 Å². The molecule has 1 amide bonds. The minimum atomic E-state index is -0.0853. The zero-order valence-electron chi connectivity index (χ0n) is 14.5. The van der Waals surface area contributed by atoms with E-state index in [9.17, 15) is 4.79 Å². The summed E-state index contributed by atoms with van der Waals surface area (Å²) in [5.41, 5.74) is 1.96. The maximum atomic E-state index is 12.4. The van der Waals surface area contributed by atoms with Crippen LogP contribution in [0.1, 0.15) is 18.5 Å². The number of carbonyl (C=O) groups is 1. The number of benzene rings is 2. The average Bonchev–Trinajstić information content (AvgIpc) is 3.20. The minimum absolute atomic E-state index is 0.00562. The first kappa shape index (κ1) is 18.1. The monoisotopic (exact) mass is 414 g/mol. The van der Waals surface area contributed by atoms with Gasteiger partial charge in [0.25, 0.3) is 5.91 Å². The number of carbonyl (C=O) groups excluding carboxylic acids is 1. The SMILES string of the molecule is C[C@@H](c1ccc(-n2cncn2)cc1)N(C)C(=O)COc1cccc(Br)c1. The van der Waals surface area contributed by atoms with Crippen LogP contribution in [-0.2, 0) is 4.79 Å². The molecule has 0 spiro atoms. The third-order valence-corrected chi connectivity index (χ3v) is 4.68. The zero-order valence-corrected chi connectivity index (χ0v) is 16.1. The van der Waals surface area contributed by atoms with Crippen molar-refractivity contribution in [2.24, 2.45) is 0 Å². The number of hydrogen-bond acceptors (Lipinski definition) is 4. The molecule has 7 heteroatoms. The summed E-state index contributed by atoms with van der Waals surface area (Å²) < 4.78 is 8.19. The third kappa shape index (κ3) is 4.29. The molecule has 2 aromatic carbocycles. The molecule has 134 valence electrons. The van der Waals surface area contributed by atoms with Gasteiger partial charge in [-0.1, -0.05) is 34.1 Å². The first-order valence-electron chi connectivity index (χ1n) is 8.13. The van der Waals surface area contributed by atoms with Crippen LogP contribution in [0.3, 0.4) is 0 Å². The van der Waals surface area contributed by atoms with Crippen LogP contribution in [-0.4, -0.2) is 39.2 Å². The predicted molar refractivity (Wildman–Crippen MR) is 102 cm³/mol. The van der Waals surface area contributed by atoms with Crippen molar-refractivity contribution in [3.05, 3.63) is 71.2 Å². The van der Waals surface area contributed by atoms with E-state index in [0.717, 1.165) is 15.7 Å². The summed E-state index contributed by atoms with van der Waals surface area (Å²) in [5, 5.41) is 4.10. The molecule has 1 heterocycles. The van der Waals surface area contributed by atoms with Crippen molar-refractivity contribution in [3.8, 4) is 11.4 Å². The molecule has 1 aromatic heterocycles. The van der Waals surface area contributed by atoms with E-state index in [1.807, 2.05) is 55.5 Å². The standard InChI is InChI=1S/C19H19BrN4O2/c1-14(15-6-8-17(9-7-15)24-13-21-12-22-24)23(2)19(25)11-26-18-5-3-4-16(20)10-18/h3-10,12-14H,11H2,1-2H3/t14-/m0/s1. The van der Waals surface area contributed by atoms with Gasteiger partial charge in [0.15, 0.2) is 6.61 Å². The van der Waals surface area contributed by atoms with Gasteiger partial charge >= 0.3 is 0 Å². The summed E-state index contributed by atoms with van der Waals surface area (Å²) >= 11 is 3.39. The number of amides is 1.